The van der Waals surface area contributed by atoms with Crippen LogP contribution < -0.4 is 0 Å². The van der Waals surface area contributed by atoms with Crippen LogP contribution in [0, 0.1) is 10.1 Å². The van der Waals surface area contributed by atoms with Gasteiger partial charge in [0, 0.05) is 24.7 Å². The summed E-state index contributed by atoms with van der Waals surface area (Å²) in [5.74, 6) is -0.281. The fraction of sp³-hybridized carbons (Fsp3) is 0.588. The summed E-state index contributed by atoms with van der Waals surface area (Å²) in [5, 5.41) is 11.2. The molecular weight excluding hydrogens is 353 g/mol. The molecule has 1 aromatic rings. The Labute approximate surface area is 149 Å². The number of benzene rings is 1. The van der Waals surface area contributed by atoms with E-state index in [1.165, 1.54) is 11.0 Å². The maximum Gasteiger partial charge on any atom is 0.416 e. The summed E-state index contributed by atoms with van der Waals surface area (Å²) in [6.45, 7) is 5.92. The van der Waals surface area contributed by atoms with Gasteiger partial charge in [0.05, 0.1) is 10.5 Å². The average molecular weight is 374 g/mol. The van der Waals surface area contributed by atoms with Gasteiger partial charge in [-0.1, -0.05) is 6.07 Å². The molecule has 0 N–H and O–H groups in total. The van der Waals surface area contributed by atoms with Gasteiger partial charge in [-0.2, -0.15) is 13.2 Å². The first-order chi connectivity index (χ1) is 11.9. The summed E-state index contributed by atoms with van der Waals surface area (Å²) in [6.07, 6.45) is -4.25. The first-order valence-electron chi connectivity index (χ1n) is 8.22. The molecule has 1 fully saturated rings. The van der Waals surface area contributed by atoms with E-state index in [0.29, 0.717) is 32.0 Å². The minimum absolute atomic E-state index is 0.270. The predicted molar refractivity (Wildman–Crippen MR) is 87.9 cm³/mol. The Hall–Kier alpha value is -2.32. The third-order valence-electron chi connectivity index (χ3n) is 4.14. The fourth-order valence-corrected chi connectivity index (χ4v) is 2.92. The SMILES string of the molecule is CC(C)(C)OC(=O)N1CCC(c2ccc(C(F)(F)F)cc2[N+](=O)[O-])CC1. The number of nitrogens with zero attached hydrogens (tertiary/aromatic N) is 2. The molecule has 0 aliphatic carbocycles. The summed E-state index contributed by atoms with van der Waals surface area (Å²) < 4.78 is 43.7. The zero-order valence-electron chi connectivity index (χ0n) is 14.8. The van der Waals surface area contributed by atoms with E-state index in [1.54, 1.807) is 20.8 Å². The van der Waals surface area contributed by atoms with E-state index in [2.05, 4.69) is 0 Å². The number of ether oxygens (including phenoxy) is 1. The van der Waals surface area contributed by atoms with Crippen LogP contribution in [0.2, 0.25) is 0 Å². The molecule has 1 amide bonds. The molecule has 0 spiro atoms. The van der Waals surface area contributed by atoms with Crippen molar-refractivity contribution in [2.24, 2.45) is 0 Å². The zero-order valence-corrected chi connectivity index (χ0v) is 14.8. The maximum absolute atomic E-state index is 12.8. The van der Waals surface area contributed by atoms with Crippen molar-refractivity contribution in [3.8, 4) is 0 Å². The molecule has 1 heterocycles. The molecule has 9 heteroatoms. The Morgan fingerprint density at radius 3 is 2.27 bits per heavy atom. The van der Waals surface area contributed by atoms with E-state index >= 15 is 0 Å². The lowest BCUT2D eigenvalue weighted by Gasteiger charge is -2.33. The number of hydrogen-bond acceptors (Lipinski definition) is 4. The molecule has 0 aromatic heterocycles. The molecular formula is C17H21F3N2O4. The molecule has 1 aliphatic rings. The van der Waals surface area contributed by atoms with Crippen molar-refractivity contribution in [2.75, 3.05) is 13.1 Å². The van der Waals surface area contributed by atoms with Crippen molar-refractivity contribution in [2.45, 2.75) is 51.3 Å². The van der Waals surface area contributed by atoms with Gasteiger partial charge in [0.25, 0.3) is 5.69 Å². The Kier molecular flexibility index (Phi) is 5.48. The number of piperidine rings is 1. The minimum Gasteiger partial charge on any atom is -0.444 e. The Morgan fingerprint density at radius 1 is 1.23 bits per heavy atom. The second-order valence-corrected chi connectivity index (χ2v) is 7.27. The monoisotopic (exact) mass is 374 g/mol. The molecule has 26 heavy (non-hydrogen) atoms. The normalized spacial score (nSPS) is 16.5. The van der Waals surface area contributed by atoms with Crippen molar-refractivity contribution in [3.05, 3.63) is 39.4 Å². The number of amides is 1. The molecule has 1 saturated heterocycles. The molecule has 0 saturated carbocycles. The highest BCUT2D eigenvalue weighted by Gasteiger charge is 2.35. The van der Waals surface area contributed by atoms with Gasteiger partial charge in [-0.25, -0.2) is 4.79 Å². The van der Waals surface area contributed by atoms with Crippen LogP contribution in [0.1, 0.15) is 50.7 Å². The summed E-state index contributed by atoms with van der Waals surface area (Å²) >= 11 is 0. The largest absolute Gasteiger partial charge is 0.444 e. The molecule has 6 nitrogen and oxygen atoms in total. The molecule has 0 atom stereocenters. The number of hydrogen-bond donors (Lipinski definition) is 0. The first-order valence-corrected chi connectivity index (χ1v) is 8.22. The molecule has 0 radical (unpaired) electrons. The van der Waals surface area contributed by atoms with E-state index in [9.17, 15) is 28.1 Å². The lowest BCUT2D eigenvalue weighted by molar-refractivity contribution is -0.386. The number of halogens is 3. The summed E-state index contributed by atoms with van der Waals surface area (Å²) in [7, 11) is 0. The highest BCUT2D eigenvalue weighted by molar-refractivity contribution is 5.68. The predicted octanol–water partition coefficient (Wildman–Crippen LogP) is 4.73. The fourth-order valence-electron chi connectivity index (χ4n) is 2.92. The van der Waals surface area contributed by atoms with Crippen molar-refractivity contribution < 1.29 is 27.6 Å². The van der Waals surface area contributed by atoms with Crippen LogP contribution in [-0.4, -0.2) is 34.6 Å². The zero-order chi connectivity index (χ0) is 19.7. The molecule has 0 bridgehead atoms. The van der Waals surface area contributed by atoms with Crippen LogP contribution in [0.25, 0.3) is 0 Å². The summed E-state index contributed by atoms with van der Waals surface area (Å²) in [4.78, 5) is 24.0. The maximum atomic E-state index is 12.8. The van der Waals surface area contributed by atoms with E-state index in [4.69, 9.17) is 4.74 Å². The highest BCUT2D eigenvalue weighted by Crippen LogP contribution is 2.38. The number of likely N-dealkylation sites (tertiary alicyclic amines) is 1. The number of carbonyl (C=O) groups is 1. The number of nitro benzene ring substituents is 1. The second kappa shape index (κ2) is 7.13. The third-order valence-corrected chi connectivity index (χ3v) is 4.14. The first kappa shape index (κ1) is 20.0. The molecule has 1 aromatic carbocycles. The van der Waals surface area contributed by atoms with Gasteiger partial charge in [0.2, 0.25) is 0 Å². The minimum atomic E-state index is -4.64. The van der Waals surface area contributed by atoms with Gasteiger partial charge in [-0.15, -0.1) is 0 Å². The molecule has 144 valence electrons. The van der Waals surface area contributed by atoms with Crippen molar-refractivity contribution in [1.82, 2.24) is 4.90 Å². The van der Waals surface area contributed by atoms with Crippen LogP contribution >= 0.6 is 0 Å². The van der Waals surface area contributed by atoms with Gasteiger partial charge < -0.3 is 9.64 Å². The molecule has 0 unspecified atom stereocenters. The van der Waals surface area contributed by atoms with Crippen LogP contribution in [-0.2, 0) is 10.9 Å². The van der Waals surface area contributed by atoms with Gasteiger partial charge in [0.1, 0.15) is 5.60 Å². The average Bonchev–Trinajstić information content (AvgIpc) is 2.52. The third kappa shape index (κ3) is 4.86. The van der Waals surface area contributed by atoms with Gasteiger partial charge >= 0.3 is 12.3 Å². The van der Waals surface area contributed by atoms with Crippen molar-refractivity contribution >= 4 is 11.8 Å². The Balaban J connectivity index is 2.14. The molecule has 1 aliphatic heterocycles. The number of carbonyl (C=O) groups excluding carboxylic acids is 1. The standard InChI is InChI=1S/C17H21F3N2O4/c1-16(2,3)26-15(23)21-8-6-11(7-9-21)13-5-4-12(17(18,19)20)10-14(13)22(24)25/h4-5,10-11H,6-9H2,1-3H3. The van der Waals surface area contributed by atoms with Crippen molar-refractivity contribution in [1.29, 1.82) is 0 Å². The second-order valence-electron chi connectivity index (χ2n) is 7.27. The topological polar surface area (TPSA) is 72.7 Å². The summed E-state index contributed by atoms with van der Waals surface area (Å²) in [5.41, 5.74) is -1.93. The van der Waals surface area contributed by atoms with Crippen LogP contribution in [0.4, 0.5) is 23.7 Å². The lowest BCUT2D eigenvalue weighted by Crippen LogP contribution is -2.41. The van der Waals surface area contributed by atoms with Crippen LogP contribution in [0.15, 0.2) is 18.2 Å². The smallest absolute Gasteiger partial charge is 0.416 e. The van der Waals surface area contributed by atoms with Gasteiger partial charge in [0.15, 0.2) is 0 Å². The Morgan fingerprint density at radius 2 is 1.81 bits per heavy atom. The number of nitro groups is 1. The van der Waals surface area contributed by atoms with Crippen LogP contribution in [0.5, 0.6) is 0 Å². The Bertz CT molecular complexity index is 690. The lowest BCUT2D eigenvalue weighted by atomic mass is 9.88. The van der Waals surface area contributed by atoms with Crippen LogP contribution in [0.3, 0.4) is 0 Å². The summed E-state index contributed by atoms with van der Waals surface area (Å²) in [6, 6.07) is 2.62. The number of rotatable bonds is 2. The van der Waals surface area contributed by atoms with E-state index in [1.807, 2.05) is 0 Å². The molecule has 2 rings (SSSR count). The van der Waals surface area contributed by atoms with Gasteiger partial charge in [-0.05, 0) is 45.6 Å². The highest BCUT2D eigenvalue weighted by atomic mass is 19.4. The quantitative estimate of drug-likeness (QED) is 0.554. The van der Waals surface area contributed by atoms with E-state index in [0.717, 1.165) is 6.07 Å². The number of alkyl halides is 3. The van der Waals surface area contributed by atoms with E-state index in [-0.39, 0.29) is 11.5 Å². The van der Waals surface area contributed by atoms with Crippen molar-refractivity contribution in [3.63, 3.8) is 0 Å². The van der Waals surface area contributed by atoms with E-state index < -0.39 is 34.0 Å². The van der Waals surface area contributed by atoms with Gasteiger partial charge in [-0.3, -0.25) is 10.1 Å².